The first kappa shape index (κ1) is 10.1. The largest absolute Gasteiger partial charge is 0.393 e. The molecule has 4 bridgehead atoms. The van der Waals surface area contributed by atoms with Gasteiger partial charge in [-0.25, -0.2) is 0 Å². The van der Waals surface area contributed by atoms with Crippen LogP contribution in [0.4, 0.5) is 0 Å². The van der Waals surface area contributed by atoms with Gasteiger partial charge in [-0.15, -0.1) is 0 Å². The Morgan fingerprint density at radius 3 is 2.00 bits per heavy atom. The van der Waals surface area contributed by atoms with Gasteiger partial charge >= 0.3 is 0 Å². The molecule has 0 aliphatic heterocycles. The molecule has 0 aromatic heterocycles. The molecule has 0 aromatic rings. The molecule has 4 fully saturated rings. The molecular formula is C14H24O. The molecule has 0 spiro atoms. The molecule has 0 aromatic carbocycles. The zero-order valence-electron chi connectivity index (χ0n) is 9.86. The lowest BCUT2D eigenvalue weighted by molar-refractivity contribution is -0.0911. The molecule has 0 heterocycles. The normalized spacial score (nSPS) is 49.6. The van der Waals surface area contributed by atoms with Gasteiger partial charge in [0.1, 0.15) is 0 Å². The molecule has 4 aliphatic carbocycles. The Morgan fingerprint density at radius 1 is 1.00 bits per heavy atom. The smallest absolute Gasteiger partial charge is 0.0573 e. The molecule has 4 saturated carbocycles. The minimum absolute atomic E-state index is 0.0185. The van der Waals surface area contributed by atoms with Crippen molar-refractivity contribution in [2.75, 3.05) is 0 Å². The van der Waals surface area contributed by atoms with Gasteiger partial charge in [-0.2, -0.15) is 0 Å². The highest BCUT2D eigenvalue weighted by Gasteiger charge is 2.49. The third-order valence-electron chi connectivity index (χ3n) is 5.33. The SMILES string of the molecule is CCCC(O)C1C2CC3CC(C2)CC1C3. The first-order valence-electron chi connectivity index (χ1n) is 6.96. The summed E-state index contributed by atoms with van der Waals surface area (Å²) in [5, 5.41) is 10.3. The van der Waals surface area contributed by atoms with E-state index < -0.39 is 0 Å². The van der Waals surface area contributed by atoms with Gasteiger partial charge in [0.05, 0.1) is 6.10 Å². The van der Waals surface area contributed by atoms with E-state index in [0.29, 0.717) is 5.92 Å². The summed E-state index contributed by atoms with van der Waals surface area (Å²) in [6, 6.07) is 0. The molecule has 4 aliphatic rings. The maximum Gasteiger partial charge on any atom is 0.0573 e. The maximum absolute atomic E-state index is 10.3. The van der Waals surface area contributed by atoms with Crippen molar-refractivity contribution in [3.63, 3.8) is 0 Å². The van der Waals surface area contributed by atoms with Gasteiger partial charge < -0.3 is 5.11 Å². The second-order valence-electron chi connectivity index (χ2n) is 6.36. The molecule has 0 saturated heterocycles. The Labute approximate surface area is 93.3 Å². The van der Waals surface area contributed by atoms with E-state index in [1.807, 2.05) is 0 Å². The number of aliphatic hydroxyl groups is 1. The molecule has 86 valence electrons. The molecule has 1 nitrogen and oxygen atoms in total. The molecule has 1 N–H and O–H groups in total. The molecule has 0 amide bonds. The van der Waals surface area contributed by atoms with E-state index in [9.17, 15) is 5.11 Å². The first-order valence-corrected chi connectivity index (χ1v) is 6.96. The van der Waals surface area contributed by atoms with Crippen molar-refractivity contribution >= 4 is 0 Å². The second kappa shape index (κ2) is 3.76. The number of hydrogen-bond donors (Lipinski definition) is 1. The highest BCUT2D eigenvalue weighted by molar-refractivity contribution is 4.99. The number of hydrogen-bond acceptors (Lipinski definition) is 1. The van der Waals surface area contributed by atoms with Crippen molar-refractivity contribution in [3.8, 4) is 0 Å². The zero-order chi connectivity index (χ0) is 10.4. The molecule has 15 heavy (non-hydrogen) atoms. The Morgan fingerprint density at radius 2 is 1.53 bits per heavy atom. The van der Waals surface area contributed by atoms with Crippen LogP contribution in [-0.2, 0) is 0 Å². The quantitative estimate of drug-likeness (QED) is 0.755. The van der Waals surface area contributed by atoms with E-state index in [0.717, 1.165) is 36.5 Å². The van der Waals surface area contributed by atoms with Gasteiger partial charge in [0, 0.05) is 0 Å². The fraction of sp³-hybridized carbons (Fsp3) is 1.00. The summed E-state index contributed by atoms with van der Waals surface area (Å²) in [5.41, 5.74) is 0. The maximum atomic E-state index is 10.3. The predicted octanol–water partition coefficient (Wildman–Crippen LogP) is 3.22. The van der Waals surface area contributed by atoms with Crippen LogP contribution >= 0.6 is 0 Å². The van der Waals surface area contributed by atoms with Gasteiger partial charge in [-0.3, -0.25) is 0 Å². The summed E-state index contributed by atoms with van der Waals surface area (Å²) in [4.78, 5) is 0. The third-order valence-corrected chi connectivity index (χ3v) is 5.33. The Hall–Kier alpha value is -0.0400. The van der Waals surface area contributed by atoms with Crippen molar-refractivity contribution in [2.45, 2.75) is 58.0 Å². The number of rotatable bonds is 3. The van der Waals surface area contributed by atoms with Crippen LogP contribution in [-0.4, -0.2) is 11.2 Å². The minimum Gasteiger partial charge on any atom is -0.393 e. The fourth-order valence-corrected chi connectivity index (χ4v) is 5.08. The van der Waals surface area contributed by atoms with Gasteiger partial charge in [0.2, 0.25) is 0 Å². The summed E-state index contributed by atoms with van der Waals surface area (Å²) >= 11 is 0. The van der Waals surface area contributed by atoms with Crippen molar-refractivity contribution in [2.24, 2.45) is 29.6 Å². The van der Waals surface area contributed by atoms with Gasteiger partial charge in [0.15, 0.2) is 0 Å². The first-order chi connectivity index (χ1) is 7.28. The standard InChI is InChI=1S/C14H24O/c1-2-3-13(15)14-11-5-9-4-10(7-11)8-12(14)6-9/h9-15H,2-8H2,1H3. The van der Waals surface area contributed by atoms with Crippen LogP contribution in [0.15, 0.2) is 0 Å². The average molecular weight is 208 g/mol. The predicted molar refractivity (Wildman–Crippen MR) is 61.4 cm³/mol. The molecule has 4 rings (SSSR count). The van der Waals surface area contributed by atoms with Crippen LogP contribution in [0, 0.1) is 29.6 Å². The topological polar surface area (TPSA) is 20.2 Å². The van der Waals surface area contributed by atoms with E-state index in [-0.39, 0.29) is 6.10 Å². The Bertz CT molecular complexity index is 207. The second-order valence-corrected chi connectivity index (χ2v) is 6.36. The molecule has 1 atom stereocenters. The van der Waals surface area contributed by atoms with E-state index >= 15 is 0 Å². The third kappa shape index (κ3) is 1.63. The minimum atomic E-state index is 0.0185. The lowest BCUT2D eigenvalue weighted by atomic mass is 9.50. The van der Waals surface area contributed by atoms with Gasteiger partial charge in [-0.1, -0.05) is 13.3 Å². The van der Waals surface area contributed by atoms with Crippen LogP contribution in [0.25, 0.3) is 0 Å². The average Bonchev–Trinajstić information content (AvgIpc) is 2.15. The molecular weight excluding hydrogens is 184 g/mol. The van der Waals surface area contributed by atoms with Crippen molar-refractivity contribution in [3.05, 3.63) is 0 Å². The summed E-state index contributed by atoms with van der Waals surface area (Å²) in [6.45, 7) is 2.19. The summed E-state index contributed by atoms with van der Waals surface area (Å²) in [6.07, 6.45) is 9.49. The zero-order valence-corrected chi connectivity index (χ0v) is 9.86. The van der Waals surface area contributed by atoms with Crippen LogP contribution in [0.1, 0.15) is 51.9 Å². The van der Waals surface area contributed by atoms with Crippen LogP contribution in [0.3, 0.4) is 0 Å². The summed E-state index contributed by atoms with van der Waals surface area (Å²) in [5.74, 6) is 4.54. The molecule has 1 heteroatoms. The van der Waals surface area contributed by atoms with Crippen molar-refractivity contribution in [1.29, 1.82) is 0 Å². The lowest BCUT2D eigenvalue weighted by Crippen LogP contribution is -2.49. The van der Waals surface area contributed by atoms with Gasteiger partial charge in [-0.05, 0) is 68.1 Å². The molecule has 0 radical (unpaired) electrons. The van der Waals surface area contributed by atoms with Crippen LogP contribution in [0.5, 0.6) is 0 Å². The van der Waals surface area contributed by atoms with Crippen LogP contribution in [0.2, 0.25) is 0 Å². The van der Waals surface area contributed by atoms with Gasteiger partial charge in [0.25, 0.3) is 0 Å². The van der Waals surface area contributed by atoms with Crippen LogP contribution < -0.4 is 0 Å². The Balaban J connectivity index is 1.74. The summed E-state index contributed by atoms with van der Waals surface area (Å²) in [7, 11) is 0. The van der Waals surface area contributed by atoms with E-state index in [2.05, 4.69) is 6.92 Å². The fourth-order valence-electron chi connectivity index (χ4n) is 5.08. The molecule has 1 unspecified atom stereocenters. The summed E-state index contributed by atoms with van der Waals surface area (Å²) < 4.78 is 0. The Kier molecular flexibility index (Phi) is 2.54. The van der Waals surface area contributed by atoms with E-state index in [1.54, 1.807) is 0 Å². The van der Waals surface area contributed by atoms with E-state index in [4.69, 9.17) is 0 Å². The number of aliphatic hydroxyl groups excluding tert-OH is 1. The highest BCUT2D eigenvalue weighted by Crippen LogP contribution is 2.57. The monoisotopic (exact) mass is 208 g/mol. The van der Waals surface area contributed by atoms with Crippen molar-refractivity contribution < 1.29 is 5.11 Å². The highest BCUT2D eigenvalue weighted by atomic mass is 16.3. The lowest BCUT2D eigenvalue weighted by Gasteiger charge is -2.55. The van der Waals surface area contributed by atoms with Crippen molar-refractivity contribution in [1.82, 2.24) is 0 Å². The van der Waals surface area contributed by atoms with E-state index in [1.165, 1.54) is 32.1 Å².